The Balaban J connectivity index is 2.48. The van der Waals surface area contributed by atoms with Crippen LogP contribution in [0.1, 0.15) is 13.8 Å². The average Bonchev–Trinajstić information content (AvgIpc) is 2.86. The molecule has 16 heavy (non-hydrogen) atoms. The Kier molecular flexibility index (Phi) is 2.82. The minimum atomic E-state index is -0.697. The van der Waals surface area contributed by atoms with Crippen molar-refractivity contribution in [3.63, 3.8) is 0 Å². The standard InChI is InChI=1S/C10H10ClN3OS/c1-10(2,5-15)14-3-7(11)9(13-14)8-4-16-6-12-8/h3-6H,1-2H3. The van der Waals surface area contributed by atoms with Gasteiger partial charge in [-0.05, 0) is 13.8 Å². The molecule has 0 amide bonds. The van der Waals surface area contributed by atoms with Crippen LogP contribution in [0.25, 0.3) is 11.4 Å². The number of hydrogen-bond donors (Lipinski definition) is 0. The topological polar surface area (TPSA) is 47.8 Å². The second-order valence-electron chi connectivity index (χ2n) is 3.92. The zero-order valence-corrected chi connectivity index (χ0v) is 10.4. The highest BCUT2D eigenvalue weighted by Gasteiger charge is 2.22. The molecule has 0 N–H and O–H groups in total. The zero-order chi connectivity index (χ0) is 11.8. The van der Waals surface area contributed by atoms with Crippen LogP contribution in [0.2, 0.25) is 5.02 Å². The van der Waals surface area contributed by atoms with Gasteiger partial charge >= 0.3 is 0 Å². The Morgan fingerprint density at radius 2 is 2.31 bits per heavy atom. The van der Waals surface area contributed by atoms with Crippen LogP contribution in [0.3, 0.4) is 0 Å². The lowest BCUT2D eigenvalue weighted by atomic mass is 10.1. The molecule has 0 saturated carbocycles. The fraction of sp³-hybridized carbons (Fsp3) is 0.300. The van der Waals surface area contributed by atoms with Crippen molar-refractivity contribution in [2.75, 3.05) is 0 Å². The number of aldehydes is 1. The summed E-state index contributed by atoms with van der Waals surface area (Å²) < 4.78 is 1.55. The lowest BCUT2D eigenvalue weighted by Crippen LogP contribution is -2.28. The molecule has 0 unspecified atom stereocenters. The first kappa shape index (κ1) is 11.3. The molecule has 0 spiro atoms. The molecule has 0 fully saturated rings. The van der Waals surface area contributed by atoms with E-state index >= 15 is 0 Å². The third-order valence-electron chi connectivity index (χ3n) is 2.22. The van der Waals surface area contributed by atoms with E-state index in [9.17, 15) is 4.79 Å². The monoisotopic (exact) mass is 255 g/mol. The van der Waals surface area contributed by atoms with Crippen molar-refractivity contribution in [3.05, 3.63) is 22.1 Å². The summed E-state index contributed by atoms with van der Waals surface area (Å²) in [5, 5.41) is 6.66. The minimum absolute atomic E-state index is 0.501. The van der Waals surface area contributed by atoms with Crippen molar-refractivity contribution in [1.29, 1.82) is 0 Å². The first-order valence-corrected chi connectivity index (χ1v) is 5.97. The van der Waals surface area contributed by atoms with E-state index in [1.54, 1.807) is 30.2 Å². The summed E-state index contributed by atoms with van der Waals surface area (Å²) in [5.41, 5.74) is 2.36. The van der Waals surface area contributed by atoms with E-state index in [-0.39, 0.29) is 0 Å². The van der Waals surface area contributed by atoms with Crippen LogP contribution < -0.4 is 0 Å². The lowest BCUT2D eigenvalue weighted by Gasteiger charge is -2.16. The summed E-state index contributed by atoms with van der Waals surface area (Å²) in [6, 6.07) is 0. The van der Waals surface area contributed by atoms with Crippen molar-refractivity contribution >= 4 is 29.2 Å². The van der Waals surface area contributed by atoms with Crippen LogP contribution in [0.5, 0.6) is 0 Å². The van der Waals surface area contributed by atoms with Crippen molar-refractivity contribution < 1.29 is 4.79 Å². The molecule has 2 heterocycles. The molecule has 4 nitrogen and oxygen atoms in total. The first-order chi connectivity index (χ1) is 7.54. The molecule has 0 atom stereocenters. The van der Waals surface area contributed by atoms with E-state index in [1.165, 1.54) is 11.3 Å². The third-order valence-corrected chi connectivity index (χ3v) is 3.09. The molecule has 0 bridgehead atoms. The highest BCUT2D eigenvalue weighted by Crippen LogP contribution is 2.27. The van der Waals surface area contributed by atoms with Crippen LogP contribution in [-0.2, 0) is 10.3 Å². The number of hydrogen-bond acceptors (Lipinski definition) is 4. The van der Waals surface area contributed by atoms with Gasteiger partial charge in [-0.1, -0.05) is 11.6 Å². The molecular formula is C10H10ClN3OS. The molecule has 0 aliphatic carbocycles. The third kappa shape index (κ3) is 1.88. The van der Waals surface area contributed by atoms with E-state index in [1.807, 2.05) is 5.38 Å². The van der Waals surface area contributed by atoms with Gasteiger partial charge in [-0.25, -0.2) is 4.98 Å². The Bertz CT molecular complexity index is 504. The van der Waals surface area contributed by atoms with Gasteiger partial charge in [-0.2, -0.15) is 5.10 Å². The van der Waals surface area contributed by atoms with Crippen molar-refractivity contribution in [2.45, 2.75) is 19.4 Å². The summed E-state index contributed by atoms with van der Waals surface area (Å²) in [4.78, 5) is 15.1. The molecule has 84 valence electrons. The molecule has 0 aromatic carbocycles. The Labute approximate surface area is 102 Å². The number of halogens is 1. The molecule has 2 rings (SSSR count). The summed E-state index contributed by atoms with van der Waals surface area (Å²) in [6.45, 7) is 3.54. The molecule has 0 radical (unpaired) electrons. The van der Waals surface area contributed by atoms with E-state index in [2.05, 4.69) is 10.1 Å². The van der Waals surface area contributed by atoms with Gasteiger partial charge in [0.05, 0.1) is 10.5 Å². The van der Waals surface area contributed by atoms with Gasteiger partial charge in [-0.15, -0.1) is 11.3 Å². The number of carbonyl (C=O) groups is 1. The maximum atomic E-state index is 10.9. The quantitative estimate of drug-likeness (QED) is 0.792. The number of thiazole rings is 1. The smallest absolute Gasteiger partial charge is 0.147 e. The number of carbonyl (C=O) groups excluding carboxylic acids is 1. The predicted octanol–water partition coefficient (Wildman–Crippen LogP) is 2.59. The van der Waals surface area contributed by atoms with Crippen LogP contribution in [0.15, 0.2) is 17.1 Å². The van der Waals surface area contributed by atoms with Crippen molar-refractivity contribution in [1.82, 2.24) is 14.8 Å². The van der Waals surface area contributed by atoms with Crippen molar-refractivity contribution in [3.8, 4) is 11.4 Å². The van der Waals surface area contributed by atoms with Crippen LogP contribution in [-0.4, -0.2) is 21.1 Å². The largest absolute Gasteiger partial charge is 0.301 e. The van der Waals surface area contributed by atoms with Crippen LogP contribution in [0.4, 0.5) is 0 Å². The summed E-state index contributed by atoms with van der Waals surface area (Å²) >= 11 is 7.54. The average molecular weight is 256 g/mol. The maximum Gasteiger partial charge on any atom is 0.147 e. The van der Waals surface area contributed by atoms with Gasteiger partial charge in [0.15, 0.2) is 0 Å². The predicted molar refractivity (Wildman–Crippen MR) is 63.7 cm³/mol. The number of nitrogens with zero attached hydrogens (tertiary/aromatic N) is 3. The van der Waals surface area contributed by atoms with Gasteiger partial charge in [-0.3, -0.25) is 4.68 Å². The second-order valence-corrected chi connectivity index (χ2v) is 5.04. The van der Waals surface area contributed by atoms with E-state index in [0.717, 1.165) is 12.0 Å². The summed E-state index contributed by atoms with van der Waals surface area (Å²) in [6.07, 6.45) is 2.48. The van der Waals surface area contributed by atoms with E-state index in [0.29, 0.717) is 10.7 Å². The fourth-order valence-electron chi connectivity index (χ4n) is 1.21. The highest BCUT2D eigenvalue weighted by molar-refractivity contribution is 7.07. The molecular weight excluding hydrogens is 246 g/mol. The summed E-state index contributed by atoms with van der Waals surface area (Å²) in [7, 11) is 0. The van der Waals surface area contributed by atoms with E-state index in [4.69, 9.17) is 11.6 Å². The number of aromatic nitrogens is 3. The highest BCUT2D eigenvalue weighted by atomic mass is 35.5. The van der Waals surface area contributed by atoms with Gasteiger partial charge in [0, 0.05) is 11.6 Å². The van der Waals surface area contributed by atoms with Gasteiger partial charge in [0.2, 0.25) is 0 Å². The summed E-state index contributed by atoms with van der Waals surface area (Å²) in [5.74, 6) is 0. The van der Waals surface area contributed by atoms with Crippen LogP contribution in [0, 0.1) is 0 Å². The van der Waals surface area contributed by atoms with Gasteiger partial charge < -0.3 is 4.79 Å². The SMILES string of the molecule is CC(C)(C=O)n1cc(Cl)c(-c2cscn2)n1. The Morgan fingerprint density at radius 1 is 1.56 bits per heavy atom. The van der Waals surface area contributed by atoms with E-state index < -0.39 is 5.54 Å². The molecule has 0 aliphatic heterocycles. The Morgan fingerprint density at radius 3 is 2.88 bits per heavy atom. The van der Waals surface area contributed by atoms with Crippen LogP contribution >= 0.6 is 22.9 Å². The normalized spacial score (nSPS) is 11.7. The fourth-order valence-corrected chi connectivity index (χ4v) is 1.97. The van der Waals surface area contributed by atoms with Crippen molar-refractivity contribution in [2.24, 2.45) is 0 Å². The molecule has 6 heteroatoms. The zero-order valence-electron chi connectivity index (χ0n) is 8.85. The molecule has 0 aliphatic rings. The lowest BCUT2D eigenvalue weighted by molar-refractivity contribution is -0.114. The number of rotatable bonds is 3. The molecule has 2 aromatic rings. The molecule has 2 aromatic heterocycles. The van der Waals surface area contributed by atoms with Gasteiger partial charge in [0.25, 0.3) is 0 Å². The molecule has 0 saturated heterocycles. The maximum absolute atomic E-state index is 10.9. The minimum Gasteiger partial charge on any atom is -0.301 e. The first-order valence-electron chi connectivity index (χ1n) is 4.65. The Hall–Kier alpha value is -1.20. The second kappa shape index (κ2) is 3.99. The van der Waals surface area contributed by atoms with Gasteiger partial charge in [0.1, 0.15) is 23.2 Å².